The van der Waals surface area contributed by atoms with Gasteiger partial charge in [-0.1, -0.05) is 36.4 Å². The first kappa shape index (κ1) is 18.4. The van der Waals surface area contributed by atoms with Crippen LogP contribution in [-0.2, 0) is 22.6 Å². The molecule has 1 saturated heterocycles. The molecule has 28 heavy (non-hydrogen) atoms. The van der Waals surface area contributed by atoms with Crippen molar-refractivity contribution in [2.24, 2.45) is 0 Å². The summed E-state index contributed by atoms with van der Waals surface area (Å²) in [7, 11) is 0. The van der Waals surface area contributed by atoms with E-state index in [0.717, 1.165) is 16.9 Å². The van der Waals surface area contributed by atoms with E-state index in [-0.39, 0.29) is 11.8 Å². The van der Waals surface area contributed by atoms with Gasteiger partial charge >= 0.3 is 0 Å². The molecule has 1 aliphatic heterocycles. The minimum atomic E-state index is -0.412. The Morgan fingerprint density at radius 3 is 2.82 bits per heavy atom. The number of carbonyl (C=O) groups excluding carboxylic acids is 2. The molecule has 0 aliphatic carbocycles. The number of nitrogens with zero attached hydrogens (tertiary/aromatic N) is 3. The first-order chi connectivity index (χ1) is 13.7. The molecule has 1 aromatic carbocycles. The molecule has 0 bridgehead atoms. The van der Waals surface area contributed by atoms with Gasteiger partial charge < -0.3 is 10.2 Å². The third-order valence-corrected chi connectivity index (χ3v) is 5.75. The molecular weight excluding hydrogens is 372 g/mol. The molecule has 0 saturated carbocycles. The average Bonchev–Trinajstić information content (AvgIpc) is 3.44. The summed E-state index contributed by atoms with van der Waals surface area (Å²) in [5, 5.41) is 9.20. The lowest BCUT2D eigenvalue weighted by Gasteiger charge is -2.23. The van der Waals surface area contributed by atoms with Gasteiger partial charge in [-0.15, -0.1) is 11.3 Å². The first-order valence-corrected chi connectivity index (χ1v) is 10.3. The smallest absolute Gasteiger partial charge is 0.247 e. The van der Waals surface area contributed by atoms with Crippen molar-refractivity contribution in [2.45, 2.75) is 31.8 Å². The lowest BCUT2D eigenvalue weighted by molar-refractivity contribution is -0.136. The van der Waals surface area contributed by atoms with Crippen LogP contribution in [0.3, 0.4) is 0 Å². The van der Waals surface area contributed by atoms with Gasteiger partial charge in [-0.05, 0) is 29.9 Å². The molecule has 4 rings (SSSR count). The number of likely N-dealkylation sites (tertiary alicyclic amines) is 1. The molecule has 0 radical (unpaired) electrons. The summed E-state index contributed by atoms with van der Waals surface area (Å²) < 4.78 is 1.79. The van der Waals surface area contributed by atoms with Crippen molar-refractivity contribution in [1.29, 1.82) is 0 Å². The maximum atomic E-state index is 12.8. The standard InChI is InChI=1S/C21H22N4O2S/c26-20(12-18-8-5-11-28-18)25-10-4-9-19(25)21(27)23-17-13-22-24(15-17)14-16-6-2-1-3-7-16/h1-3,5-8,11,13,15,19H,4,9-10,12,14H2,(H,23,27). The predicted molar refractivity (Wildman–Crippen MR) is 109 cm³/mol. The molecule has 0 spiro atoms. The molecule has 1 unspecified atom stereocenters. The Morgan fingerprint density at radius 1 is 1.18 bits per heavy atom. The predicted octanol–water partition coefficient (Wildman–Crippen LogP) is 3.17. The Hall–Kier alpha value is -2.93. The van der Waals surface area contributed by atoms with Gasteiger partial charge in [0.15, 0.2) is 0 Å². The van der Waals surface area contributed by atoms with Crippen LogP contribution >= 0.6 is 11.3 Å². The number of thiophene rings is 1. The fraction of sp³-hybridized carbons (Fsp3) is 0.286. The summed E-state index contributed by atoms with van der Waals surface area (Å²) in [5.41, 5.74) is 1.79. The molecule has 6 nitrogen and oxygen atoms in total. The number of amides is 2. The van der Waals surface area contributed by atoms with Crippen molar-refractivity contribution in [3.8, 4) is 0 Å². The van der Waals surface area contributed by atoms with Crippen molar-refractivity contribution in [1.82, 2.24) is 14.7 Å². The minimum absolute atomic E-state index is 0.0138. The van der Waals surface area contributed by atoms with Crippen LogP contribution in [0.25, 0.3) is 0 Å². The van der Waals surface area contributed by atoms with Crippen LogP contribution in [0.1, 0.15) is 23.3 Å². The van der Waals surface area contributed by atoms with Gasteiger partial charge in [0.1, 0.15) is 6.04 Å². The molecule has 1 N–H and O–H groups in total. The van der Waals surface area contributed by atoms with Crippen molar-refractivity contribution in [2.75, 3.05) is 11.9 Å². The Morgan fingerprint density at radius 2 is 2.04 bits per heavy atom. The van der Waals surface area contributed by atoms with E-state index >= 15 is 0 Å². The number of aromatic nitrogens is 2. The molecule has 144 valence electrons. The summed E-state index contributed by atoms with van der Waals surface area (Å²) in [5.74, 6) is -0.129. The van der Waals surface area contributed by atoms with E-state index < -0.39 is 6.04 Å². The van der Waals surface area contributed by atoms with E-state index in [9.17, 15) is 9.59 Å². The van der Waals surface area contributed by atoms with Gasteiger partial charge in [0.05, 0.1) is 24.8 Å². The SMILES string of the molecule is O=C(Nc1cnn(Cc2ccccc2)c1)C1CCCN1C(=O)Cc1cccs1. The number of hydrogen-bond donors (Lipinski definition) is 1. The number of anilines is 1. The van der Waals surface area contributed by atoms with Crippen molar-refractivity contribution < 1.29 is 9.59 Å². The van der Waals surface area contributed by atoms with Crippen molar-refractivity contribution in [3.05, 3.63) is 70.7 Å². The van der Waals surface area contributed by atoms with Crippen LogP contribution in [0.15, 0.2) is 60.2 Å². The van der Waals surface area contributed by atoms with Gasteiger partial charge in [-0.25, -0.2) is 0 Å². The second-order valence-electron chi connectivity index (χ2n) is 6.90. The summed E-state index contributed by atoms with van der Waals surface area (Å²) in [6, 6.07) is 13.5. The van der Waals surface area contributed by atoms with Crippen molar-refractivity contribution in [3.63, 3.8) is 0 Å². The van der Waals surface area contributed by atoms with Gasteiger partial charge in [0.2, 0.25) is 11.8 Å². The van der Waals surface area contributed by atoms with Crippen LogP contribution in [0.2, 0.25) is 0 Å². The second kappa shape index (κ2) is 8.39. The second-order valence-corrected chi connectivity index (χ2v) is 7.93. The molecular formula is C21H22N4O2S. The molecule has 3 heterocycles. The van der Waals surface area contributed by atoms with E-state index in [4.69, 9.17) is 0 Å². The molecule has 2 aromatic heterocycles. The third-order valence-electron chi connectivity index (χ3n) is 4.87. The highest BCUT2D eigenvalue weighted by atomic mass is 32.1. The van der Waals surface area contributed by atoms with Crippen LogP contribution < -0.4 is 5.32 Å². The molecule has 3 aromatic rings. The maximum Gasteiger partial charge on any atom is 0.247 e. The minimum Gasteiger partial charge on any atom is -0.330 e. The van der Waals surface area contributed by atoms with E-state index in [1.54, 1.807) is 27.1 Å². The Kier molecular flexibility index (Phi) is 5.53. The van der Waals surface area contributed by atoms with Crippen LogP contribution in [0.5, 0.6) is 0 Å². The van der Waals surface area contributed by atoms with E-state index in [1.165, 1.54) is 0 Å². The Balaban J connectivity index is 1.37. The summed E-state index contributed by atoms with van der Waals surface area (Å²) in [6.07, 6.45) is 5.36. The lowest BCUT2D eigenvalue weighted by Crippen LogP contribution is -2.43. The van der Waals surface area contributed by atoms with Crippen LogP contribution in [0.4, 0.5) is 5.69 Å². The van der Waals surface area contributed by atoms with E-state index in [1.807, 2.05) is 54.0 Å². The van der Waals surface area contributed by atoms with E-state index in [2.05, 4.69) is 10.4 Å². The zero-order valence-corrected chi connectivity index (χ0v) is 16.3. The first-order valence-electron chi connectivity index (χ1n) is 9.38. The third kappa shape index (κ3) is 4.31. The average molecular weight is 395 g/mol. The highest BCUT2D eigenvalue weighted by Crippen LogP contribution is 2.21. The monoisotopic (exact) mass is 394 g/mol. The topological polar surface area (TPSA) is 67.2 Å². The maximum absolute atomic E-state index is 12.8. The summed E-state index contributed by atoms with van der Waals surface area (Å²) >= 11 is 1.57. The zero-order chi connectivity index (χ0) is 19.3. The fourth-order valence-electron chi connectivity index (χ4n) is 3.51. The van der Waals surface area contributed by atoms with Gasteiger partial charge in [0, 0.05) is 17.6 Å². The van der Waals surface area contributed by atoms with Gasteiger partial charge in [0.25, 0.3) is 0 Å². The van der Waals surface area contributed by atoms with Gasteiger partial charge in [-0.2, -0.15) is 5.10 Å². The van der Waals surface area contributed by atoms with Crippen LogP contribution in [-0.4, -0.2) is 39.1 Å². The summed E-state index contributed by atoms with van der Waals surface area (Å²) in [4.78, 5) is 28.1. The lowest BCUT2D eigenvalue weighted by atomic mass is 10.2. The highest BCUT2D eigenvalue weighted by Gasteiger charge is 2.34. The zero-order valence-electron chi connectivity index (χ0n) is 15.5. The molecule has 2 amide bonds. The van der Waals surface area contributed by atoms with Gasteiger partial charge in [-0.3, -0.25) is 14.3 Å². The number of benzene rings is 1. The van der Waals surface area contributed by atoms with E-state index in [0.29, 0.717) is 31.6 Å². The van der Waals surface area contributed by atoms with Crippen LogP contribution in [0, 0.1) is 0 Å². The number of carbonyl (C=O) groups is 2. The summed E-state index contributed by atoms with van der Waals surface area (Å²) in [6.45, 7) is 1.28. The fourth-order valence-corrected chi connectivity index (χ4v) is 4.21. The highest BCUT2D eigenvalue weighted by molar-refractivity contribution is 7.10. The Labute approximate surface area is 167 Å². The normalized spacial score (nSPS) is 16.3. The largest absolute Gasteiger partial charge is 0.330 e. The number of nitrogens with one attached hydrogen (secondary N) is 1. The quantitative estimate of drug-likeness (QED) is 0.698. The molecule has 1 atom stereocenters. The van der Waals surface area contributed by atoms with Crippen molar-refractivity contribution >= 4 is 28.8 Å². The Bertz CT molecular complexity index is 936. The molecule has 1 fully saturated rings. The molecule has 1 aliphatic rings. The number of rotatable bonds is 6. The number of hydrogen-bond acceptors (Lipinski definition) is 4. The molecule has 7 heteroatoms.